The first-order valence-electron chi connectivity index (χ1n) is 9.80. The van der Waals surface area contributed by atoms with Crippen LogP contribution in [0.5, 0.6) is 0 Å². The first-order chi connectivity index (χ1) is 14.8. The molecule has 1 aliphatic rings. The number of nitrogens with one attached hydrogen (secondary N) is 2. The van der Waals surface area contributed by atoms with Crippen molar-refractivity contribution < 1.29 is 19.2 Å². The molecule has 2 aromatic rings. The van der Waals surface area contributed by atoms with Crippen LogP contribution in [0, 0.1) is 10.1 Å². The molecule has 2 aromatic carbocycles. The average Bonchev–Trinajstić information content (AvgIpc) is 2.74. The van der Waals surface area contributed by atoms with Gasteiger partial charge in [-0.3, -0.25) is 24.6 Å². The molecule has 1 fully saturated rings. The van der Waals surface area contributed by atoms with Crippen molar-refractivity contribution in [3.8, 4) is 0 Å². The summed E-state index contributed by atoms with van der Waals surface area (Å²) in [4.78, 5) is 38.0. The maximum absolute atomic E-state index is 12.8. The fourth-order valence-corrected chi connectivity index (χ4v) is 3.56. The van der Waals surface area contributed by atoms with Gasteiger partial charge in [-0.1, -0.05) is 23.7 Å². The fraction of sp³-hybridized carbons (Fsp3) is 0.333. The number of rotatable bonds is 7. The monoisotopic (exact) mass is 446 g/mol. The van der Waals surface area contributed by atoms with Gasteiger partial charge in [0.05, 0.1) is 40.0 Å². The molecule has 0 saturated carbocycles. The molecule has 2 amide bonds. The Kier molecular flexibility index (Phi) is 7.56. The predicted molar refractivity (Wildman–Crippen MR) is 117 cm³/mol. The van der Waals surface area contributed by atoms with E-state index < -0.39 is 10.8 Å². The quantitative estimate of drug-likeness (QED) is 0.499. The van der Waals surface area contributed by atoms with Gasteiger partial charge in [0.1, 0.15) is 0 Å². The first-order valence-corrected chi connectivity index (χ1v) is 10.2. The van der Waals surface area contributed by atoms with Gasteiger partial charge in [-0.2, -0.15) is 0 Å². The van der Waals surface area contributed by atoms with Gasteiger partial charge in [0.2, 0.25) is 0 Å². The maximum atomic E-state index is 12.8. The van der Waals surface area contributed by atoms with Crippen LogP contribution in [0.4, 0.5) is 11.4 Å². The van der Waals surface area contributed by atoms with Gasteiger partial charge in [0.25, 0.3) is 17.5 Å². The minimum Gasteiger partial charge on any atom is -0.379 e. The topological polar surface area (TPSA) is 114 Å². The van der Waals surface area contributed by atoms with Gasteiger partial charge in [-0.05, 0) is 25.1 Å². The summed E-state index contributed by atoms with van der Waals surface area (Å²) in [5.74, 6) is -0.882. The molecular formula is C21H23ClN4O5. The van der Waals surface area contributed by atoms with Gasteiger partial charge in [0, 0.05) is 37.8 Å². The number of halogens is 1. The zero-order chi connectivity index (χ0) is 22.4. The lowest BCUT2D eigenvalue weighted by molar-refractivity contribution is -0.384. The van der Waals surface area contributed by atoms with Gasteiger partial charge < -0.3 is 15.4 Å². The molecule has 0 radical (unpaired) electrons. The molecule has 1 aliphatic heterocycles. The van der Waals surface area contributed by atoms with E-state index in [2.05, 4.69) is 15.5 Å². The number of carbonyl (C=O) groups is 2. The number of amides is 2. The van der Waals surface area contributed by atoms with Gasteiger partial charge >= 0.3 is 0 Å². The summed E-state index contributed by atoms with van der Waals surface area (Å²) in [6, 6.07) is 10.1. The molecule has 0 spiro atoms. The van der Waals surface area contributed by atoms with Crippen LogP contribution in [-0.2, 0) is 4.74 Å². The summed E-state index contributed by atoms with van der Waals surface area (Å²) >= 11 is 6.04. The zero-order valence-corrected chi connectivity index (χ0v) is 17.7. The molecule has 1 saturated heterocycles. The number of ether oxygens (including phenoxy) is 1. The Morgan fingerprint density at radius 2 is 1.87 bits per heavy atom. The van der Waals surface area contributed by atoms with Crippen molar-refractivity contribution in [2.75, 3.05) is 38.2 Å². The number of benzene rings is 2. The summed E-state index contributed by atoms with van der Waals surface area (Å²) in [7, 11) is 0. The van der Waals surface area contributed by atoms with E-state index >= 15 is 0 Å². The van der Waals surface area contributed by atoms with E-state index in [1.807, 2.05) is 6.92 Å². The van der Waals surface area contributed by atoms with Crippen molar-refractivity contribution >= 4 is 34.8 Å². The van der Waals surface area contributed by atoms with E-state index in [1.54, 1.807) is 24.3 Å². The number of non-ortho nitro benzene ring substituents is 1. The predicted octanol–water partition coefficient (Wildman–Crippen LogP) is 2.95. The molecule has 31 heavy (non-hydrogen) atoms. The molecule has 0 bridgehead atoms. The van der Waals surface area contributed by atoms with Gasteiger partial charge in [-0.15, -0.1) is 0 Å². The third kappa shape index (κ3) is 6.00. The van der Waals surface area contributed by atoms with E-state index in [4.69, 9.17) is 16.3 Å². The molecule has 164 valence electrons. The number of nitro groups is 1. The number of hydrogen-bond acceptors (Lipinski definition) is 6. The smallest absolute Gasteiger partial charge is 0.270 e. The standard InChI is InChI=1S/C21H23ClN4O5/c1-14(13-25-8-10-31-11-9-25)23-21(28)17-4-2-3-5-19(17)24-20(27)16-7-6-15(26(29)30)12-18(16)22/h2-7,12,14H,8-11,13H2,1H3,(H,23,28)(H,24,27). The van der Waals surface area contributed by atoms with Crippen LogP contribution in [-0.4, -0.2) is 60.5 Å². The lowest BCUT2D eigenvalue weighted by atomic mass is 10.1. The highest BCUT2D eigenvalue weighted by Crippen LogP contribution is 2.24. The number of para-hydroxylation sites is 1. The number of anilines is 1. The third-order valence-corrected chi connectivity index (χ3v) is 5.15. The molecular weight excluding hydrogens is 424 g/mol. The van der Waals surface area contributed by atoms with Crippen LogP contribution < -0.4 is 10.6 Å². The van der Waals surface area contributed by atoms with Gasteiger partial charge in [-0.25, -0.2) is 0 Å². The van der Waals surface area contributed by atoms with Crippen molar-refractivity contribution in [1.82, 2.24) is 10.2 Å². The summed E-state index contributed by atoms with van der Waals surface area (Å²) < 4.78 is 5.34. The second kappa shape index (κ2) is 10.3. The van der Waals surface area contributed by atoms with E-state index in [0.717, 1.165) is 19.2 Å². The molecule has 1 unspecified atom stereocenters. The van der Waals surface area contributed by atoms with Crippen LogP contribution in [0.2, 0.25) is 5.02 Å². The highest BCUT2D eigenvalue weighted by molar-refractivity contribution is 6.34. The fourth-order valence-electron chi connectivity index (χ4n) is 3.30. The van der Waals surface area contributed by atoms with Crippen LogP contribution in [0.15, 0.2) is 42.5 Å². The van der Waals surface area contributed by atoms with Crippen LogP contribution in [0.25, 0.3) is 0 Å². The maximum Gasteiger partial charge on any atom is 0.270 e. The van der Waals surface area contributed by atoms with E-state index in [0.29, 0.717) is 31.0 Å². The molecule has 2 N–H and O–H groups in total. The second-order valence-electron chi connectivity index (χ2n) is 7.21. The largest absolute Gasteiger partial charge is 0.379 e. The number of nitro benzene ring substituents is 1. The average molecular weight is 447 g/mol. The van der Waals surface area contributed by atoms with Crippen molar-refractivity contribution in [3.05, 3.63) is 68.7 Å². The Labute approximate surface area is 184 Å². The normalized spacial score (nSPS) is 15.2. The summed E-state index contributed by atoms with van der Waals surface area (Å²) in [5.41, 5.74) is 0.486. The minimum atomic E-state index is -0.592. The third-order valence-electron chi connectivity index (χ3n) is 4.84. The van der Waals surface area contributed by atoms with Crippen LogP contribution in [0.3, 0.4) is 0 Å². The van der Waals surface area contributed by atoms with Crippen molar-refractivity contribution in [2.24, 2.45) is 0 Å². The first kappa shape index (κ1) is 22.7. The molecule has 9 nitrogen and oxygen atoms in total. The van der Waals surface area contributed by atoms with Crippen LogP contribution >= 0.6 is 11.6 Å². The Balaban J connectivity index is 1.69. The summed E-state index contributed by atoms with van der Waals surface area (Å²) in [5, 5.41) is 16.4. The molecule has 1 heterocycles. The number of nitrogens with zero attached hydrogens (tertiary/aromatic N) is 2. The SMILES string of the molecule is CC(CN1CCOCC1)NC(=O)c1ccccc1NC(=O)c1ccc([N+](=O)[O-])cc1Cl. The lowest BCUT2D eigenvalue weighted by Gasteiger charge is -2.29. The Morgan fingerprint density at radius 1 is 1.16 bits per heavy atom. The molecule has 1 atom stereocenters. The van der Waals surface area contributed by atoms with Crippen molar-refractivity contribution in [1.29, 1.82) is 0 Å². The van der Waals surface area contributed by atoms with E-state index in [9.17, 15) is 19.7 Å². The Hall–Kier alpha value is -3.01. The van der Waals surface area contributed by atoms with E-state index in [1.165, 1.54) is 12.1 Å². The van der Waals surface area contributed by atoms with Crippen molar-refractivity contribution in [2.45, 2.75) is 13.0 Å². The number of hydrogen-bond donors (Lipinski definition) is 2. The molecule has 0 aliphatic carbocycles. The Morgan fingerprint density at radius 3 is 2.55 bits per heavy atom. The Bertz CT molecular complexity index is 978. The van der Waals surface area contributed by atoms with E-state index in [-0.39, 0.29) is 28.2 Å². The summed E-state index contributed by atoms with van der Waals surface area (Å²) in [6.45, 7) is 5.63. The van der Waals surface area contributed by atoms with Gasteiger partial charge in [0.15, 0.2) is 0 Å². The molecule has 0 aromatic heterocycles. The summed E-state index contributed by atoms with van der Waals surface area (Å²) in [6.07, 6.45) is 0. The zero-order valence-electron chi connectivity index (χ0n) is 17.0. The lowest BCUT2D eigenvalue weighted by Crippen LogP contribution is -2.46. The van der Waals surface area contributed by atoms with Crippen molar-refractivity contribution in [3.63, 3.8) is 0 Å². The minimum absolute atomic E-state index is 0.0484. The number of morpholine rings is 1. The molecule has 10 heteroatoms. The highest BCUT2D eigenvalue weighted by atomic mass is 35.5. The van der Waals surface area contributed by atoms with Crippen LogP contribution in [0.1, 0.15) is 27.6 Å². The second-order valence-corrected chi connectivity index (χ2v) is 7.62. The molecule has 3 rings (SSSR count). The highest BCUT2D eigenvalue weighted by Gasteiger charge is 2.20. The number of carbonyl (C=O) groups excluding carboxylic acids is 2.